The van der Waals surface area contributed by atoms with Crippen LogP contribution in [0.2, 0.25) is 0 Å². The molecule has 1 unspecified atom stereocenters. The molecule has 1 spiro atoms. The number of carbonyl (C=O) groups excluding carboxylic acids is 1. The summed E-state index contributed by atoms with van der Waals surface area (Å²) in [4.78, 5) is 17.6. The van der Waals surface area contributed by atoms with Gasteiger partial charge in [0.15, 0.2) is 0 Å². The van der Waals surface area contributed by atoms with E-state index >= 15 is 0 Å². The molecule has 2 aromatic rings. The van der Waals surface area contributed by atoms with Gasteiger partial charge in [-0.3, -0.25) is 4.79 Å². The van der Waals surface area contributed by atoms with E-state index in [-0.39, 0.29) is 5.91 Å². The van der Waals surface area contributed by atoms with Crippen LogP contribution >= 0.6 is 0 Å². The van der Waals surface area contributed by atoms with Gasteiger partial charge in [0.2, 0.25) is 5.91 Å². The van der Waals surface area contributed by atoms with Crippen LogP contribution in [0.1, 0.15) is 37.7 Å². The molecule has 2 saturated heterocycles. The molecule has 1 amide bonds. The first kappa shape index (κ1) is 21.4. The molecule has 2 fully saturated rings. The molecule has 1 atom stereocenters. The number of hydrogen-bond acceptors (Lipinski definition) is 5. The van der Waals surface area contributed by atoms with E-state index in [0.29, 0.717) is 13.1 Å². The van der Waals surface area contributed by atoms with Gasteiger partial charge in [0.25, 0.3) is 0 Å². The lowest BCUT2D eigenvalue weighted by molar-refractivity contribution is -0.125. The van der Waals surface area contributed by atoms with Gasteiger partial charge >= 0.3 is 0 Å². The third-order valence-electron chi connectivity index (χ3n) is 7.75. The predicted octanol–water partition coefficient (Wildman–Crippen LogP) is 3.95. The van der Waals surface area contributed by atoms with Crippen molar-refractivity contribution in [3.63, 3.8) is 0 Å². The minimum Gasteiger partial charge on any atom is -0.497 e. The van der Waals surface area contributed by atoms with E-state index in [1.807, 2.05) is 42.5 Å². The van der Waals surface area contributed by atoms with Crippen molar-refractivity contribution in [2.45, 2.75) is 43.1 Å². The van der Waals surface area contributed by atoms with Crippen molar-refractivity contribution in [1.82, 2.24) is 10.2 Å². The van der Waals surface area contributed by atoms with Crippen molar-refractivity contribution in [1.29, 1.82) is 5.26 Å². The van der Waals surface area contributed by atoms with Crippen LogP contribution in [-0.4, -0.2) is 43.2 Å². The van der Waals surface area contributed by atoms with E-state index < -0.39 is 11.0 Å². The smallest absolute Gasteiger partial charge is 0.247 e. The predicted molar refractivity (Wildman–Crippen MR) is 128 cm³/mol. The summed E-state index contributed by atoms with van der Waals surface area (Å²) in [6, 6.07) is 20.7. The van der Waals surface area contributed by atoms with Crippen molar-refractivity contribution in [3.05, 3.63) is 71.9 Å². The lowest BCUT2D eigenvalue weighted by atomic mass is 9.72. The maximum atomic E-state index is 12.9. The Morgan fingerprint density at radius 3 is 2.36 bits per heavy atom. The number of rotatable bonds is 4. The number of carbonyl (C=O) groups is 1. The Hall–Kier alpha value is -3.46. The molecule has 6 heteroatoms. The van der Waals surface area contributed by atoms with Gasteiger partial charge in [-0.2, -0.15) is 5.26 Å². The minimum absolute atomic E-state index is 0.145. The Balaban J connectivity index is 1.29. The number of amides is 1. The van der Waals surface area contributed by atoms with Crippen LogP contribution in [0.25, 0.3) is 0 Å². The highest BCUT2D eigenvalue weighted by atomic mass is 16.5. The second-order valence-corrected chi connectivity index (χ2v) is 9.27. The maximum absolute atomic E-state index is 12.9. The fraction of sp³-hybridized carbons (Fsp3) is 0.407. The number of para-hydroxylation sites is 1. The lowest BCUT2D eigenvalue weighted by Gasteiger charge is -2.45. The fourth-order valence-electron chi connectivity index (χ4n) is 5.66. The number of likely N-dealkylation sites (tertiary alicyclic amines) is 1. The Labute approximate surface area is 195 Å². The molecule has 0 bridgehead atoms. The summed E-state index contributed by atoms with van der Waals surface area (Å²) < 4.78 is 5.27. The summed E-state index contributed by atoms with van der Waals surface area (Å²) >= 11 is 0. The average molecular weight is 443 g/mol. The van der Waals surface area contributed by atoms with E-state index in [1.165, 1.54) is 5.70 Å². The number of nitrogens with zero attached hydrogens (tertiary/aromatic N) is 3. The van der Waals surface area contributed by atoms with E-state index in [0.717, 1.165) is 55.8 Å². The monoisotopic (exact) mass is 442 g/mol. The van der Waals surface area contributed by atoms with Crippen LogP contribution in [0.5, 0.6) is 5.75 Å². The third-order valence-corrected chi connectivity index (χ3v) is 7.75. The molecule has 2 aromatic carbocycles. The number of ether oxygens (including phenoxy) is 1. The van der Waals surface area contributed by atoms with E-state index in [1.54, 1.807) is 7.11 Å². The molecule has 6 nitrogen and oxygen atoms in total. The normalized spacial score (nSPS) is 24.2. The first-order valence-corrected chi connectivity index (χ1v) is 11.7. The Morgan fingerprint density at radius 1 is 1.03 bits per heavy atom. The third kappa shape index (κ3) is 3.62. The summed E-state index contributed by atoms with van der Waals surface area (Å²) in [5, 5.41) is 13.1. The molecule has 33 heavy (non-hydrogen) atoms. The number of methoxy groups -OCH3 is 1. The van der Waals surface area contributed by atoms with Crippen LogP contribution in [0.15, 0.2) is 66.4 Å². The Morgan fingerprint density at radius 2 is 1.76 bits per heavy atom. The van der Waals surface area contributed by atoms with Crippen LogP contribution in [0.4, 0.5) is 5.69 Å². The van der Waals surface area contributed by atoms with Crippen molar-refractivity contribution in [2.75, 3.05) is 31.8 Å². The molecule has 5 rings (SSSR count). The van der Waals surface area contributed by atoms with Gasteiger partial charge in [-0.25, -0.2) is 0 Å². The van der Waals surface area contributed by atoms with Gasteiger partial charge < -0.3 is 19.9 Å². The van der Waals surface area contributed by atoms with E-state index in [2.05, 4.69) is 39.4 Å². The number of anilines is 1. The number of benzene rings is 2. The van der Waals surface area contributed by atoms with Crippen molar-refractivity contribution in [2.24, 2.45) is 0 Å². The van der Waals surface area contributed by atoms with Gasteiger partial charge in [0.1, 0.15) is 11.3 Å². The molecule has 0 saturated carbocycles. The Kier molecular flexibility index (Phi) is 5.49. The average Bonchev–Trinajstić information content (AvgIpc) is 3.20. The van der Waals surface area contributed by atoms with Crippen LogP contribution in [-0.2, 0) is 10.2 Å². The molecule has 1 N–H and O–H groups in total. The van der Waals surface area contributed by atoms with E-state index in [4.69, 9.17) is 4.74 Å². The number of piperidine rings is 1. The molecular weight excluding hydrogens is 412 g/mol. The van der Waals surface area contributed by atoms with Crippen LogP contribution in [0, 0.1) is 11.3 Å². The number of allylic oxidation sites excluding steroid dienone is 2. The van der Waals surface area contributed by atoms with Gasteiger partial charge in [-0.05, 0) is 61.9 Å². The number of nitriles is 1. The zero-order valence-electron chi connectivity index (χ0n) is 19.1. The highest BCUT2D eigenvalue weighted by molar-refractivity contribution is 5.93. The second-order valence-electron chi connectivity index (χ2n) is 9.27. The Bertz CT molecular complexity index is 1080. The highest BCUT2D eigenvalue weighted by Gasteiger charge is 2.50. The quantitative estimate of drug-likeness (QED) is 0.777. The molecule has 0 aromatic heterocycles. The minimum atomic E-state index is -0.484. The fourth-order valence-corrected chi connectivity index (χ4v) is 5.66. The van der Waals surface area contributed by atoms with E-state index in [9.17, 15) is 10.1 Å². The summed E-state index contributed by atoms with van der Waals surface area (Å²) in [5.74, 6) is 0.952. The second kappa shape index (κ2) is 8.47. The molecule has 1 aliphatic carbocycles. The molecule has 2 heterocycles. The van der Waals surface area contributed by atoms with Crippen LogP contribution < -0.4 is 15.0 Å². The van der Waals surface area contributed by atoms with Gasteiger partial charge in [0.05, 0.1) is 25.3 Å². The molecule has 2 aliphatic heterocycles. The molecule has 170 valence electrons. The summed E-state index contributed by atoms with van der Waals surface area (Å²) in [6.45, 7) is 2.27. The SMILES string of the molecule is COc1ccc(C2(C#N)CC=C(N3CCC4(CC3)C(=O)NCN4c3ccccc3)CC2)cc1. The zero-order valence-corrected chi connectivity index (χ0v) is 19.1. The first-order valence-electron chi connectivity index (χ1n) is 11.7. The molecular formula is C27H30N4O2. The van der Waals surface area contributed by atoms with Crippen molar-refractivity contribution in [3.8, 4) is 11.8 Å². The standard InChI is InChI=1S/C27H30N4O2/c1-33-24-9-7-21(8-10-24)26(19-28)13-11-22(12-14-26)30-17-15-27(16-18-30)25(32)29-20-31(27)23-5-3-2-4-6-23/h2-11H,12-18,20H2,1H3,(H,29,32). The number of hydrogen-bond donors (Lipinski definition) is 1. The number of nitrogens with one attached hydrogen (secondary N) is 1. The van der Waals surface area contributed by atoms with Gasteiger partial charge in [0, 0.05) is 24.5 Å². The largest absolute Gasteiger partial charge is 0.497 e. The highest BCUT2D eigenvalue weighted by Crippen LogP contribution is 2.42. The van der Waals surface area contributed by atoms with Crippen LogP contribution in [0.3, 0.4) is 0 Å². The topological polar surface area (TPSA) is 68.6 Å². The summed E-state index contributed by atoms with van der Waals surface area (Å²) in [7, 11) is 1.65. The maximum Gasteiger partial charge on any atom is 0.247 e. The lowest BCUT2D eigenvalue weighted by Crippen LogP contribution is -2.56. The van der Waals surface area contributed by atoms with Crippen molar-refractivity contribution < 1.29 is 9.53 Å². The molecule has 3 aliphatic rings. The first-order chi connectivity index (χ1) is 16.1. The summed E-state index contributed by atoms with van der Waals surface area (Å²) in [5.41, 5.74) is 2.52. The van der Waals surface area contributed by atoms with Gasteiger partial charge in [-0.1, -0.05) is 36.4 Å². The van der Waals surface area contributed by atoms with Gasteiger partial charge in [-0.15, -0.1) is 0 Å². The van der Waals surface area contributed by atoms with Crippen molar-refractivity contribution >= 4 is 11.6 Å². The molecule has 0 radical (unpaired) electrons. The summed E-state index contributed by atoms with van der Waals surface area (Å²) in [6.07, 6.45) is 6.24. The zero-order chi connectivity index (χ0) is 22.9.